The van der Waals surface area contributed by atoms with E-state index >= 15 is 0 Å². The van der Waals surface area contributed by atoms with E-state index in [4.69, 9.17) is 20.1 Å². The molecule has 0 aromatic heterocycles. The lowest BCUT2D eigenvalue weighted by molar-refractivity contribution is 0.428. The zero-order chi connectivity index (χ0) is 5.86. The molecule has 0 aliphatic rings. The quantitative estimate of drug-likeness (QED) is 0.243. The van der Waals surface area contributed by atoms with Crippen molar-refractivity contribution < 1.29 is 20.1 Å². The fourth-order valence-corrected chi connectivity index (χ4v) is 0.400. The fraction of sp³-hybridized carbons (Fsp3) is 0. The first-order valence-electron chi connectivity index (χ1n) is 1.61. The maximum atomic E-state index is 7.97. The summed E-state index contributed by atoms with van der Waals surface area (Å²) in [6, 6.07) is 0. The lowest BCUT2D eigenvalue weighted by Crippen LogP contribution is -2.13. The van der Waals surface area contributed by atoms with Gasteiger partial charge in [-0.3, -0.25) is 0 Å². The molecular formula is H5B2O4P. The van der Waals surface area contributed by atoms with Crippen LogP contribution in [0.15, 0.2) is 0 Å². The van der Waals surface area contributed by atoms with E-state index in [0.29, 0.717) is 0 Å². The molecule has 0 aliphatic carbocycles. The molecule has 0 aliphatic heterocycles. The normalized spacial score (nSPS) is 8.57. The van der Waals surface area contributed by atoms with Gasteiger partial charge in [0.15, 0.2) is 0 Å². The Balaban J connectivity index is 2.95. The summed E-state index contributed by atoms with van der Waals surface area (Å²) in [4.78, 5) is 0. The predicted octanol–water partition coefficient (Wildman–Crippen LogP) is -2.40. The van der Waals surface area contributed by atoms with Crippen molar-refractivity contribution in [1.29, 1.82) is 0 Å². The molecule has 0 spiro atoms. The molecule has 4 N–H and O–H groups in total. The van der Waals surface area contributed by atoms with Crippen LogP contribution in [0, 0.1) is 0 Å². The van der Waals surface area contributed by atoms with Gasteiger partial charge in [0.25, 0.3) is 0 Å². The summed E-state index contributed by atoms with van der Waals surface area (Å²) >= 11 is 0. The number of hydrogen-bond donors (Lipinski definition) is 4. The summed E-state index contributed by atoms with van der Waals surface area (Å²) in [6.07, 6.45) is 0. The monoisotopic (exact) mass is 122 g/mol. The van der Waals surface area contributed by atoms with Crippen LogP contribution in [0.3, 0.4) is 0 Å². The lowest BCUT2D eigenvalue weighted by Gasteiger charge is -1.93. The molecule has 0 fully saturated rings. The Labute approximate surface area is 43.2 Å². The van der Waals surface area contributed by atoms with Crippen molar-refractivity contribution in [1.82, 2.24) is 0 Å². The molecule has 0 bridgehead atoms. The van der Waals surface area contributed by atoms with Crippen LogP contribution in [-0.2, 0) is 0 Å². The molecule has 0 saturated carbocycles. The van der Waals surface area contributed by atoms with Gasteiger partial charge in [0, 0.05) is 0 Å². The Morgan fingerprint density at radius 3 is 1.14 bits per heavy atom. The molecule has 0 rings (SSSR count). The first-order valence-corrected chi connectivity index (χ1v) is 2.76. The van der Waals surface area contributed by atoms with Crippen LogP contribution in [0.4, 0.5) is 0 Å². The highest BCUT2D eigenvalue weighted by atomic mass is 31.1. The van der Waals surface area contributed by atoms with Gasteiger partial charge in [-0.05, 0) is 0 Å². The average molecular weight is 122 g/mol. The minimum atomic E-state index is -1.60. The van der Waals surface area contributed by atoms with Gasteiger partial charge in [0.2, 0.25) is 0 Å². The van der Waals surface area contributed by atoms with Crippen LogP contribution in [0.2, 0.25) is 0 Å². The molecule has 0 aromatic rings. The standard InChI is InChI=1S/B2H5O4P/c3-1(4)7-2(5)6/h3-7H. The SMILES string of the molecule is OB(O)PB(O)O. The van der Waals surface area contributed by atoms with E-state index in [1.165, 1.54) is 0 Å². The summed E-state index contributed by atoms with van der Waals surface area (Å²) < 4.78 is 0. The first kappa shape index (κ1) is 7.40. The minimum absolute atomic E-state index is 0.633. The van der Waals surface area contributed by atoms with Gasteiger partial charge in [-0.25, -0.2) is 0 Å². The third kappa shape index (κ3) is 6.40. The third-order valence-electron chi connectivity index (χ3n) is 0.298. The minimum Gasteiger partial charge on any atom is -0.424 e. The molecule has 0 amide bonds. The Morgan fingerprint density at radius 2 is 1.14 bits per heavy atom. The van der Waals surface area contributed by atoms with Crippen LogP contribution >= 0.6 is 8.34 Å². The number of hydrogen-bond acceptors (Lipinski definition) is 4. The van der Waals surface area contributed by atoms with Crippen LogP contribution < -0.4 is 0 Å². The highest BCUT2D eigenvalue weighted by molar-refractivity contribution is 7.96. The van der Waals surface area contributed by atoms with Gasteiger partial charge in [-0.1, -0.05) is 8.34 Å². The molecule has 0 aromatic carbocycles. The molecule has 40 valence electrons. The molecular weight excluding hydrogens is 117 g/mol. The van der Waals surface area contributed by atoms with Crippen molar-refractivity contribution >= 4 is 22.0 Å². The average Bonchev–Trinajstić information content (AvgIpc) is 1.27. The van der Waals surface area contributed by atoms with E-state index in [1.54, 1.807) is 0 Å². The molecule has 0 radical (unpaired) electrons. The van der Waals surface area contributed by atoms with Crippen LogP contribution in [0.1, 0.15) is 0 Å². The second-order valence-corrected chi connectivity index (χ2v) is 2.28. The van der Waals surface area contributed by atoms with Crippen molar-refractivity contribution in [2.75, 3.05) is 0 Å². The fourth-order valence-electron chi connectivity index (χ4n) is 0.133. The second-order valence-electron chi connectivity index (χ2n) is 0.914. The summed E-state index contributed by atoms with van der Waals surface area (Å²) in [5.41, 5.74) is 0. The van der Waals surface area contributed by atoms with Gasteiger partial charge in [0.1, 0.15) is 0 Å². The van der Waals surface area contributed by atoms with E-state index in [0.717, 1.165) is 0 Å². The van der Waals surface area contributed by atoms with Crippen LogP contribution in [0.5, 0.6) is 0 Å². The highest BCUT2D eigenvalue weighted by Gasteiger charge is 2.16. The van der Waals surface area contributed by atoms with Crippen molar-refractivity contribution in [2.45, 2.75) is 0 Å². The van der Waals surface area contributed by atoms with Gasteiger partial charge in [-0.2, -0.15) is 0 Å². The van der Waals surface area contributed by atoms with Gasteiger partial charge >= 0.3 is 13.7 Å². The zero-order valence-corrected chi connectivity index (χ0v) is 4.44. The first-order chi connectivity index (χ1) is 3.13. The predicted molar refractivity (Wildman–Crippen MR) is 28.7 cm³/mol. The lowest BCUT2D eigenvalue weighted by atomic mass is 10.4. The maximum Gasteiger partial charge on any atom is 0.473 e. The topological polar surface area (TPSA) is 80.9 Å². The summed E-state index contributed by atoms with van der Waals surface area (Å²) in [5.74, 6) is 0. The van der Waals surface area contributed by atoms with Crippen molar-refractivity contribution in [3.63, 3.8) is 0 Å². The third-order valence-corrected chi connectivity index (χ3v) is 0.894. The summed E-state index contributed by atoms with van der Waals surface area (Å²) in [6.45, 7) is -3.19. The van der Waals surface area contributed by atoms with Crippen molar-refractivity contribution in [3.05, 3.63) is 0 Å². The largest absolute Gasteiger partial charge is 0.473 e. The maximum absolute atomic E-state index is 7.97. The highest BCUT2D eigenvalue weighted by Crippen LogP contribution is 2.09. The molecule has 4 nitrogen and oxygen atoms in total. The zero-order valence-electron chi connectivity index (χ0n) is 3.44. The van der Waals surface area contributed by atoms with E-state index in [1.807, 2.05) is 0 Å². The van der Waals surface area contributed by atoms with Crippen molar-refractivity contribution in [2.24, 2.45) is 0 Å². The Morgan fingerprint density at radius 1 is 0.857 bits per heavy atom. The van der Waals surface area contributed by atoms with E-state index in [2.05, 4.69) is 0 Å². The van der Waals surface area contributed by atoms with Crippen LogP contribution in [-0.4, -0.2) is 33.8 Å². The molecule has 0 heterocycles. The van der Waals surface area contributed by atoms with E-state index < -0.39 is 22.0 Å². The Hall–Kier alpha value is 0.400. The summed E-state index contributed by atoms with van der Waals surface area (Å²) in [5, 5.41) is 31.9. The Bertz CT molecular complexity index is 39.0. The molecule has 0 saturated heterocycles. The van der Waals surface area contributed by atoms with Gasteiger partial charge in [-0.15, -0.1) is 0 Å². The Kier molecular flexibility index (Phi) is 3.60. The van der Waals surface area contributed by atoms with Crippen LogP contribution in [0.25, 0.3) is 0 Å². The molecule has 0 unspecified atom stereocenters. The molecule has 0 atom stereocenters. The second kappa shape index (κ2) is 3.41. The van der Waals surface area contributed by atoms with E-state index in [9.17, 15) is 0 Å². The number of rotatable bonds is 2. The molecule has 7 heteroatoms. The molecule has 7 heavy (non-hydrogen) atoms. The van der Waals surface area contributed by atoms with Crippen molar-refractivity contribution in [3.8, 4) is 0 Å². The van der Waals surface area contributed by atoms with E-state index in [-0.39, 0.29) is 0 Å². The van der Waals surface area contributed by atoms with Gasteiger partial charge < -0.3 is 20.1 Å². The smallest absolute Gasteiger partial charge is 0.424 e. The van der Waals surface area contributed by atoms with Gasteiger partial charge in [0.05, 0.1) is 0 Å². The summed E-state index contributed by atoms with van der Waals surface area (Å²) in [7, 11) is -0.633.